The molecule has 6 atom stereocenters. The number of fused-ring (bicyclic) bond motifs is 2. The third-order valence-electron chi connectivity index (χ3n) is 5.42. The molecule has 5 rings (SSSR count). The summed E-state index contributed by atoms with van der Waals surface area (Å²) in [5.41, 5.74) is 7.56. The summed E-state index contributed by atoms with van der Waals surface area (Å²) in [6.45, 7) is -0.587. The van der Waals surface area contributed by atoms with Crippen molar-refractivity contribution < 1.29 is 46.9 Å². The van der Waals surface area contributed by atoms with Crippen LogP contribution in [0.15, 0.2) is 43.0 Å². The van der Waals surface area contributed by atoms with Crippen LogP contribution in [0.25, 0.3) is 11.2 Å². The van der Waals surface area contributed by atoms with E-state index >= 15 is 0 Å². The second-order valence-electron chi connectivity index (χ2n) is 7.81. The number of anilines is 1. The van der Waals surface area contributed by atoms with Crippen molar-refractivity contribution >= 4 is 32.6 Å². The number of imidazole rings is 1. The van der Waals surface area contributed by atoms with Crippen molar-refractivity contribution in [2.45, 2.75) is 37.3 Å². The number of benzene rings is 1. The zero-order valence-corrected chi connectivity index (χ0v) is 19.6. The van der Waals surface area contributed by atoms with Crippen molar-refractivity contribution in [3.05, 3.63) is 48.5 Å². The predicted molar refractivity (Wildman–Crippen MR) is 116 cm³/mol. The van der Waals surface area contributed by atoms with Crippen molar-refractivity contribution in [1.82, 2.24) is 19.5 Å². The molecule has 17 heteroatoms. The molecule has 0 amide bonds. The van der Waals surface area contributed by atoms with Crippen molar-refractivity contribution in [1.29, 1.82) is 0 Å². The van der Waals surface area contributed by atoms with Gasteiger partial charge in [-0.05, 0) is 5.56 Å². The molecule has 2 aromatic heterocycles. The Kier molecular flexibility index (Phi) is 6.48. The van der Waals surface area contributed by atoms with Gasteiger partial charge in [-0.2, -0.15) is 4.31 Å². The van der Waals surface area contributed by atoms with E-state index < -0.39 is 53.1 Å². The molecule has 0 saturated carbocycles. The van der Waals surface area contributed by atoms with E-state index in [9.17, 15) is 14.0 Å². The molecule has 2 aliphatic heterocycles. The van der Waals surface area contributed by atoms with Crippen molar-refractivity contribution in [3.8, 4) is 0 Å². The first kappa shape index (κ1) is 24.4. The Hall–Kier alpha value is -2.29. The van der Waals surface area contributed by atoms with Gasteiger partial charge >= 0.3 is 15.6 Å². The summed E-state index contributed by atoms with van der Waals surface area (Å²) in [6.07, 6.45) is -0.794. The fourth-order valence-corrected chi connectivity index (χ4v) is 5.64. The highest BCUT2D eigenvalue weighted by Gasteiger charge is 2.54. The van der Waals surface area contributed by atoms with Crippen LogP contribution in [0.1, 0.15) is 11.8 Å². The van der Waals surface area contributed by atoms with E-state index in [1.165, 1.54) is 12.7 Å². The fraction of sp³-hybridized carbons (Fsp3) is 0.389. The summed E-state index contributed by atoms with van der Waals surface area (Å²) in [4.78, 5) is 39.7. The molecule has 0 spiro atoms. The quantitative estimate of drug-likeness (QED) is 0.299. The number of ether oxygens (including phenoxy) is 3. The summed E-state index contributed by atoms with van der Waals surface area (Å²) in [5.74, 6) is 0.171. The number of phosphoric ester groups is 1. The Bertz CT molecular complexity index is 1300. The lowest BCUT2D eigenvalue weighted by Gasteiger charge is -2.22. The van der Waals surface area contributed by atoms with Gasteiger partial charge in [0, 0.05) is 6.42 Å². The van der Waals surface area contributed by atoms with E-state index in [1.807, 2.05) is 30.3 Å². The largest absolute Gasteiger partial charge is 0.481 e. The first-order valence-electron chi connectivity index (χ1n) is 10.3. The molecular formula is C18H21N5O10P2. The minimum Gasteiger partial charge on any atom is -0.382 e. The van der Waals surface area contributed by atoms with E-state index in [-0.39, 0.29) is 5.82 Å². The molecule has 2 saturated heterocycles. The Morgan fingerprint density at radius 1 is 1.03 bits per heavy atom. The van der Waals surface area contributed by atoms with Gasteiger partial charge in [0.15, 0.2) is 24.0 Å². The normalized spacial score (nSPS) is 28.3. The maximum Gasteiger partial charge on any atom is 0.481 e. The van der Waals surface area contributed by atoms with Gasteiger partial charge in [0.25, 0.3) is 0 Å². The molecule has 15 nitrogen and oxygen atoms in total. The zero-order chi connectivity index (χ0) is 24.8. The standard InChI is InChI=1S/C18H21N5O10P2/c19-16-13-17(21-8-20-16)23(9-22-13)18-15-14(31-12(32-15)6-10-4-2-1-3-5-10)11(30-18)7-29-35(27,28)33-34(24,25)26/h1-5,8-9,11-12,14-15,18H,6-7H2,(H,27,28)(H2,19,20,21)(H2,24,25,26)/t11-,12?,14-,15-,18-/m1/s1. The molecule has 35 heavy (non-hydrogen) atoms. The number of nitrogens with zero attached hydrogens (tertiary/aromatic N) is 4. The molecule has 0 radical (unpaired) electrons. The van der Waals surface area contributed by atoms with Gasteiger partial charge < -0.3 is 34.6 Å². The van der Waals surface area contributed by atoms with Crippen LogP contribution in [0.3, 0.4) is 0 Å². The third kappa shape index (κ3) is 5.29. The van der Waals surface area contributed by atoms with Crippen molar-refractivity contribution in [3.63, 3.8) is 0 Å². The number of hydrogen-bond acceptors (Lipinski definition) is 11. The highest BCUT2D eigenvalue weighted by atomic mass is 31.3. The number of phosphoric acid groups is 2. The second-order valence-corrected chi connectivity index (χ2v) is 10.6. The second kappa shape index (κ2) is 9.30. The van der Waals surface area contributed by atoms with Gasteiger partial charge in [0.2, 0.25) is 0 Å². The van der Waals surface area contributed by atoms with Crippen LogP contribution < -0.4 is 5.73 Å². The lowest BCUT2D eigenvalue weighted by atomic mass is 10.1. The lowest BCUT2D eigenvalue weighted by Crippen LogP contribution is -2.31. The first-order valence-corrected chi connectivity index (χ1v) is 13.3. The molecule has 0 bridgehead atoms. The van der Waals surface area contributed by atoms with Gasteiger partial charge in [-0.25, -0.2) is 24.1 Å². The minimum absolute atomic E-state index is 0.171. The summed E-state index contributed by atoms with van der Waals surface area (Å²) >= 11 is 0. The topological polar surface area (TPSA) is 211 Å². The molecule has 2 aliphatic rings. The van der Waals surface area contributed by atoms with Crippen molar-refractivity contribution in [2.24, 2.45) is 0 Å². The SMILES string of the molecule is Nc1ncnc2c1ncn2[C@@H]1O[C@H](COP(=O)(O)OP(=O)(O)O)[C@H]2OC(Cc3ccccc3)O[C@H]21. The van der Waals surface area contributed by atoms with Crippen LogP contribution in [0, 0.1) is 0 Å². The van der Waals surface area contributed by atoms with E-state index in [1.54, 1.807) is 4.57 Å². The number of nitrogen functional groups attached to an aromatic ring is 1. The summed E-state index contributed by atoms with van der Waals surface area (Å²) in [5, 5.41) is 0. The van der Waals surface area contributed by atoms with Crippen LogP contribution in [-0.4, -0.2) is 65.4 Å². The van der Waals surface area contributed by atoms with E-state index in [2.05, 4.69) is 19.3 Å². The monoisotopic (exact) mass is 529 g/mol. The van der Waals surface area contributed by atoms with Gasteiger partial charge in [-0.1, -0.05) is 30.3 Å². The molecule has 188 valence electrons. The smallest absolute Gasteiger partial charge is 0.382 e. The molecule has 0 aliphatic carbocycles. The summed E-state index contributed by atoms with van der Waals surface area (Å²) < 4.78 is 51.3. The van der Waals surface area contributed by atoms with Crippen molar-refractivity contribution in [2.75, 3.05) is 12.3 Å². The van der Waals surface area contributed by atoms with E-state index in [0.29, 0.717) is 17.6 Å². The third-order valence-corrected chi connectivity index (χ3v) is 7.57. The average molecular weight is 529 g/mol. The van der Waals surface area contributed by atoms with Gasteiger partial charge in [-0.15, -0.1) is 0 Å². The molecule has 1 aromatic carbocycles. The Morgan fingerprint density at radius 3 is 2.51 bits per heavy atom. The minimum atomic E-state index is -5.28. The van der Waals surface area contributed by atoms with Gasteiger partial charge in [0.1, 0.15) is 30.2 Å². The Labute approximate surface area is 197 Å². The molecule has 4 heterocycles. The molecule has 2 unspecified atom stereocenters. The molecule has 5 N–H and O–H groups in total. The highest BCUT2D eigenvalue weighted by molar-refractivity contribution is 7.60. The van der Waals surface area contributed by atoms with E-state index in [4.69, 9.17) is 34.3 Å². The molecular weight excluding hydrogens is 508 g/mol. The van der Waals surface area contributed by atoms with Gasteiger partial charge in [0.05, 0.1) is 12.9 Å². The maximum absolute atomic E-state index is 12.0. The predicted octanol–water partition coefficient (Wildman–Crippen LogP) is 0.885. The Balaban J connectivity index is 1.39. The fourth-order valence-electron chi connectivity index (χ4n) is 4.04. The molecule has 2 fully saturated rings. The summed E-state index contributed by atoms with van der Waals surface area (Å²) in [7, 11) is -10.4. The number of nitrogens with two attached hydrogens (primary N) is 1. The zero-order valence-electron chi connectivity index (χ0n) is 17.8. The molecule has 3 aromatic rings. The van der Waals surface area contributed by atoms with Crippen LogP contribution >= 0.6 is 15.6 Å². The van der Waals surface area contributed by atoms with Crippen LogP contribution in [0.2, 0.25) is 0 Å². The highest BCUT2D eigenvalue weighted by Crippen LogP contribution is 2.58. The van der Waals surface area contributed by atoms with Gasteiger partial charge in [-0.3, -0.25) is 9.09 Å². The Morgan fingerprint density at radius 2 is 1.77 bits per heavy atom. The van der Waals surface area contributed by atoms with Crippen LogP contribution in [-0.2, 0) is 38.6 Å². The first-order chi connectivity index (χ1) is 16.6. The number of aromatic nitrogens is 4. The van der Waals surface area contributed by atoms with E-state index in [0.717, 1.165) is 5.56 Å². The maximum atomic E-state index is 12.0. The lowest BCUT2D eigenvalue weighted by molar-refractivity contribution is -0.149. The number of rotatable bonds is 8. The number of hydrogen-bond donors (Lipinski definition) is 4. The average Bonchev–Trinajstić information content (AvgIpc) is 3.46. The van der Waals surface area contributed by atoms with Crippen LogP contribution in [0.5, 0.6) is 0 Å². The van der Waals surface area contributed by atoms with Crippen LogP contribution in [0.4, 0.5) is 5.82 Å². The summed E-state index contributed by atoms with van der Waals surface area (Å²) in [6, 6.07) is 9.49.